The lowest BCUT2D eigenvalue weighted by Crippen LogP contribution is -1.87. The van der Waals surface area contributed by atoms with Crippen molar-refractivity contribution in [1.82, 2.24) is 0 Å². The molecule has 0 N–H and O–H groups in total. The zero-order valence-corrected chi connectivity index (χ0v) is 13.0. The molecule has 18 heavy (non-hydrogen) atoms. The Morgan fingerprint density at radius 1 is 0.889 bits per heavy atom. The Balaban J connectivity index is 2.85. The van der Waals surface area contributed by atoms with Crippen LogP contribution in [0.2, 0.25) is 25.1 Å². The second kappa shape index (κ2) is 5.46. The molecule has 0 aliphatic carbocycles. The van der Waals surface area contributed by atoms with Gasteiger partial charge in [-0.25, -0.2) is 0 Å². The van der Waals surface area contributed by atoms with Gasteiger partial charge in [-0.3, -0.25) is 0 Å². The summed E-state index contributed by atoms with van der Waals surface area (Å²) in [6.07, 6.45) is 0. The fourth-order valence-corrected chi connectivity index (χ4v) is 3.47. The lowest BCUT2D eigenvalue weighted by molar-refractivity contribution is 1.52. The Labute approximate surface area is 132 Å². The highest BCUT2D eigenvalue weighted by atomic mass is 35.5. The van der Waals surface area contributed by atoms with E-state index in [1.807, 2.05) is 0 Å². The van der Waals surface area contributed by atoms with Crippen LogP contribution in [0.5, 0.6) is 0 Å². The van der Waals surface area contributed by atoms with Gasteiger partial charge in [0, 0.05) is 11.1 Å². The molecule has 1 heterocycles. The molecular weight excluding hydrogens is 355 g/mol. The highest BCUT2D eigenvalue weighted by Gasteiger charge is 2.22. The van der Waals surface area contributed by atoms with E-state index in [4.69, 9.17) is 63.3 Å². The van der Waals surface area contributed by atoms with E-state index in [9.17, 15) is 0 Å². The minimum atomic E-state index is 0.103. The molecule has 7 heteroatoms. The smallest absolute Gasteiger partial charge is 0.112 e. The summed E-state index contributed by atoms with van der Waals surface area (Å²) in [5.74, 6) is 0. The molecule has 0 aliphatic heterocycles. The van der Waals surface area contributed by atoms with Crippen molar-refractivity contribution >= 4 is 69.3 Å². The van der Waals surface area contributed by atoms with Crippen molar-refractivity contribution in [1.29, 1.82) is 5.26 Å². The SMILES string of the molecule is N#Cc1sccc1-c1c(Cl)c(Cl)c(Cl)c(Cl)c1Cl. The molecule has 0 aliphatic rings. The van der Waals surface area contributed by atoms with Crippen molar-refractivity contribution < 1.29 is 0 Å². The van der Waals surface area contributed by atoms with Crippen LogP contribution < -0.4 is 0 Å². The van der Waals surface area contributed by atoms with Gasteiger partial charge in [-0.2, -0.15) is 5.26 Å². The Morgan fingerprint density at radius 3 is 1.89 bits per heavy atom. The van der Waals surface area contributed by atoms with Gasteiger partial charge < -0.3 is 0 Å². The first-order valence-corrected chi connectivity index (χ1v) is 7.25. The number of hydrogen-bond donors (Lipinski definition) is 0. The van der Waals surface area contributed by atoms with E-state index in [1.54, 1.807) is 11.4 Å². The molecule has 0 fully saturated rings. The minimum Gasteiger partial charge on any atom is -0.192 e. The van der Waals surface area contributed by atoms with Crippen LogP contribution >= 0.6 is 69.3 Å². The number of thiophene rings is 1. The molecule has 0 unspecified atom stereocenters. The van der Waals surface area contributed by atoms with Crippen molar-refractivity contribution in [2.45, 2.75) is 0 Å². The second-order valence-corrected chi connectivity index (χ2v) is 6.03. The zero-order valence-electron chi connectivity index (χ0n) is 8.40. The third-order valence-corrected chi connectivity index (χ3v) is 5.34. The van der Waals surface area contributed by atoms with Crippen LogP contribution in [0.15, 0.2) is 11.4 Å². The van der Waals surface area contributed by atoms with Crippen molar-refractivity contribution in [2.75, 3.05) is 0 Å². The molecule has 1 aromatic carbocycles. The van der Waals surface area contributed by atoms with Crippen molar-refractivity contribution in [3.05, 3.63) is 41.4 Å². The predicted octanol–water partition coefficient (Wildman–Crippen LogP) is 6.55. The highest BCUT2D eigenvalue weighted by molar-refractivity contribution is 7.11. The van der Waals surface area contributed by atoms with E-state index in [-0.39, 0.29) is 25.1 Å². The summed E-state index contributed by atoms with van der Waals surface area (Å²) in [6.45, 7) is 0. The first-order chi connectivity index (χ1) is 8.49. The molecule has 92 valence electrons. The molecule has 0 spiro atoms. The number of hydrogen-bond acceptors (Lipinski definition) is 2. The van der Waals surface area contributed by atoms with Crippen LogP contribution in [-0.2, 0) is 0 Å². The van der Waals surface area contributed by atoms with Gasteiger partial charge in [0.05, 0.1) is 25.1 Å². The van der Waals surface area contributed by atoms with Gasteiger partial charge in [0.25, 0.3) is 0 Å². The molecule has 0 atom stereocenters. The Hall–Kier alpha value is -0.140. The van der Waals surface area contributed by atoms with Crippen molar-refractivity contribution in [3.8, 4) is 17.2 Å². The van der Waals surface area contributed by atoms with E-state index < -0.39 is 0 Å². The maximum atomic E-state index is 9.03. The van der Waals surface area contributed by atoms with Crippen LogP contribution in [0.3, 0.4) is 0 Å². The quantitative estimate of drug-likeness (QED) is 0.419. The van der Waals surface area contributed by atoms with Gasteiger partial charge in [0.15, 0.2) is 0 Å². The molecule has 1 aromatic heterocycles. The topological polar surface area (TPSA) is 23.8 Å². The Bertz CT molecular complexity index is 642. The van der Waals surface area contributed by atoms with E-state index in [0.29, 0.717) is 16.0 Å². The lowest BCUT2D eigenvalue weighted by atomic mass is 10.1. The van der Waals surface area contributed by atoms with E-state index >= 15 is 0 Å². The minimum absolute atomic E-state index is 0.103. The molecule has 0 bridgehead atoms. The number of halogens is 5. The first kappa shape index (κ1) is 14.3. The molecule has 2 aromatic rings. The zero-order chi connectivity index (χ0) is 13.4. The van der Waals surface area contributed by atoms with Crippen LogP contribution in [0.4, 0.5) is 0 Å². The summed E-state index contributed by atoms with van der Waals surface area (Å²) in [7, 11) is 0. The average Bonchev–Trinajstić information content (AvgIpc) is 2.82. The van der Waals surface area contributed by atoms with E-state index in [0.717, 1.165) is 0 Å². The second-order valence-electron chi connectivity index (χ2n) is 3.22. The standard InChI is InChI=1S/C11H2Cl5NS/c12-7-6(4-1-2-18-5(4)3-17)8(13)10(15)11(16)9(7)14/h1-2H. The number of rotatable bonds is 1. The summed E-state index contributed by atoms with van der Waals surface area (Å²) in [5, 5.41) is 11.5. The number of nitriles is 1. The Morgan fingerprint density at radius 2 is 1.39 bits per heavy atom. The summed E-state index contributed by atoms with van der Waals surface area (Å²) in [6, 6.07) is 3.80. The molecule has 0 saturated carbocycles. The van der Waals surface area contributed by atoms with Gasteiger partial charge >= 0.3 is 0 Å². The van der Waals surface area contributed by atoms with Crippen LogP contribution in [0, 0.1) is 11.3 Å². The molecule has 1 nitrogen and oxygen atoms in total. The molecule has 2 rings (SSSR count). The fourth-order valence-electron chi connectivity index (χ4n) is 1.43. The fraction of sp³-hybridized carbons (Fsp3) is 0. The predicted molar refractivity (Wildman–Crippen MR) is 79.5 cm³/mol. The lowest BCUT2D eigenvalue weighted by Gasteiger charge is -2.11. The molecule has 0 radical (unpaired) electrons. The monoisotopic (exact) mass is 355 g/mol. The van der Waals surface area contributed by atoms with Crippen molar-refractivity contribution in [3.63, 3.8) is 0 Å². The van der Waals surface area contributed by atoms with E-state index in [2.05, 4.69) is 6.07 Å². The highest BCUT2D eigenvalue weighted by Crippen LogP contribution is 2.49. The van der Waals surface area contributed by atoms with Gasteiger partial charge in [-0.1, -0.05) is 58.0 Å². The largest absolute Gasteiger partial charge is 0.192 e. The number of benzene rings is 1. The molecule has 0 saturated heterocycles. The summed E-state index contributed by atoms with van der Waals surface area (Å²) in [4.78, 5) is 0.480. The third kappa shape index (κ3) is 2.20. The average molecular weight is 357 g/mol. The molecule has 0 amide bonds. The van der Waals surface area contributed by atoms with Crippen LogP contribution in [0.1, 0.15) is 4.88 Å². The third-order valence-electron chi connectivity index (χ3n) is 2.25. The maximum Gasteiger partial charge on any atom is 0.112 e. The number of nitrogens with zero attached hydrogens (tertiary/aromatic N) is 1. The summed E-state index contributed by atoms with van der Waals surface area (Å²) in [5.41, 5.74) is 1.02. The van der Waals surface area contributed by atoms with Gasteiger partial charge in [0.2, 0.25) is 0 Å². The molecular formula is C11H2Cl5NS. The van der Waals surface area contributed by atoms with Gasteiger partial charge in [-0.05, 0) is 11.4 Å². The van der Waals surface area contributed by atoms with Gasteiger partial charge in [-0.15, -0.1) is 11.3 Å². The summed E-state index contributed by atoms with van der Waals surface area (Å²) < 4.78 is 0. The normalized spacial score (nSPS) is 10.4. The van der Waals surface area contributed by atoms with Crippen LogP contribution in [0.25, 0.3) is 11.1 Å². The first-order valence-electron chi connectivity index (χ1n) is 4.48. The summed E-state index contributed by atoms with van der Waals surface area (Å²) >= 11 is 31.4. The van der Waals surface area contributed by atoms with Gasteiger partial charge in [0.1, 0.15) is 10.9 Å². The van der Waals surface area contributed by atoms with Crippen LogP contribution in [-0.4, -0.2) is 0 Å². The van der Waals surface area contributed by atoms with E-state index in [1.165, 1.54) is 11.3 Å². The maximum absolute atomic E-state index is 9.03. The Kier molecular flexibility index (Phi) is 4.33. The van der Waals surface area contributed by atoms with Crippen molar-refractivity contribution in [2.24, 2.45) is 0 Å².